The van der Waals surface area contributed by atoms with Gasteiger partial charge >= 0.3 is 6.03 Å². The lowest BCUT2D eigenvalue weighted by Gasteiger charge is -2.43. The first-order valence-corrected chi connectivity index (χ1v) is 12.6. The number of benzene rings is 1. The highest BCUT2D eigenvalue weighted by Crippen LogP contribution is 2.39. The summed E-state index contributed by atoms with van der Waals surface area (Å²) in [5.41, 5.74) is 6.01. The van der Waals surface area contributed by atoms with Gasteiger partial charge in [0.2, 0.25) is 0 Å². The van der Waals surface area contributed by atoms with Crippen LogP contribution >= 0.6 is 0 Å². The van der Waals surface area contributed by atoms with Crippen LogP contribution in [-0.2, 0) is 10.3 Å². The zero-order chi connectivity index (χ0) is 22.8. The van der Waals surface area contributed by atoms with Crippen LogP contribution in [0.15, 0.2) is 30.3 Å². The van der Waals surface area contributed by atoms with Crippen LogP contribution in [0.3, 0.4) is 0 Å². The van der Waals surface area contributed by atoms with E-state index in [1.807, 2.05) is 35.2 Å². The molecule has 1 aromatic carbocycles. The fraction of sp³-hybridized carbons (Fsp3) is 0.731. The summed E-state index contributed by atoms with van der Waals surface area (Å²) in [5.74, 6) is 0.700. The van der Waals surface area contributed by atoms with Crippen molar-refractivity contribution >= 4 is 6.03 Å². The molecule has 2 aliphatic rings. The van der Waals surface area contributed by atoms with Gasteiger partial charge in [0.15, 0.2) is 0 Å². The summed E-state index contributed by atoms with van der Waals surface area (Å²) >= 11 is 0. The first kappa shape index (κ1) is 25.0. The third-order valence-electron chi connectivity index (χ3n) is 7.52. The van der Waals surface area contributed by atoms with Crippen LogP contribution in [0.4, 0.5) is 4.79 Å². The molecule has 3 atom stereocenters. The molecular formula is C26H43N3O3. The molecule has 1 aliphatic heterocycles. The average molecular weight is 446 g/mol. The van der Waals surface area contributed by atoms with Crippen molar-refractivity contribution < 1.29 is 14.6 Å². The first-order chi connectivity index (χ1) is 15.6. The molecular weight excluding hydrogens is 402 g/mol. The lowest BCUT2D eigenvalue weighted by Crippen LogP contribution is -2.53. The molecule has 6 heteroatoms. The summed E-state index contributed by atoms with van der Waals surface area (Å²) in [6, 6.07) is 9.98. The van der Waals surface area contributed by atoms with E-state index in [0.717, 1.165) is 44.2 Å². The molecule has 0 spiro atoms. The number of carbonyl (C=O) groups excluding carboxylic acids is 1. The van der Waals surface area contributed by atoms with Crippen LogP contribution in [0.1, 0.15) is 69.8 Å². The number of nitrogens with two attached hydrogens (primary N) is 1. The van der Waals surface area contributed by atoms with E-state index in [-0.39, 0.29) is 18.0 Å². The van der Waals surface area contributed by atoms with Gasteiger partial charge in [0.1, 0.15) is 0 Å². The third-order valence-corrected chi connectivity index (χ3v) is 7.52. The summed E-state index contributed by atoms with van der Waals surface area (Å²) < 4.78 is 5.20. The Morgan fingerprint density at radius 1 is 1.22 bits per heavy atom. The Morgan fingerprint density at radius 2 is 1.97 bits per heavy atom. The summed E-state index contributed by atoms with van der Waals surface area (Å²) in [6.07, 6.45) is 10.4. The molecule has 1 heterocycles. The molecule has 2 fully saturated rings. The van der Waals surface area contributed by atoms with Gasteiger partial charge in [-0.25, -0.2) is 4.79 Å². The van der Waals surface area contributed by atoms with Crippen LogP contribution in [0.2, 0.25) is 0 Å². The number of urea groups is 1. The number of ether oxygens (including phenoxy) is 1. The van der Waals surface area contributed by atoms with Crippen molar-refractivity contribution in [3.8, 4) is 0 Å². The van der Waals surface area contributed by atoms with Crippen molar-refractivity contribution in [2.24, 2.45) is 17.6 Å². The van der Waals surface area contributed by atoms with Gasteiger partial charge in [-0.05, 0) is 50.0 Å². The summed E-state index contributed by atoms with van der Waals surface area (Å²) in [7, 11) is 1.71. The van der Waals surface area contributed by atoms with Crippen molar-refractivity contribution in [1.29, 1.82) is 0 Å². The monoisotopic (exact) mass is 445 g/mol. The predicted molar refractivity (Wildman–Crippen MR) is 128 cm³/mol. The van der Waals surface area contributed by atoms with E-state index in [1.165, 1.54) is 25.7 Å². The summed E-state index contributed by atoms with van der Waals surface area (Å²) in [4.78, 5) is 15.0. The SMILES string of the molecule is COCCCC[C@@](O)(c1ccccc1)[C@@H]1CCCN(C(=O)NC(CN)CC2CCCC2)C1. The van der Waals surface area contributed by atoms with Crippen LogP contribution in [0, 0.1) is 11.8 Å². The topological polar surface area (TPSA) is 87.8 Å². The lowest BCUT2D eigenvalue weighted by atomic mass is 9.74. The fourth-order valence-electron chi connectivity index (χ4n) is 5.63. The number of unbranched alkanes of at least 4 members (excludes halogenated alkanes) is 1. The second-order valence-electron chi connectivity index (χ2n) is 9.79. The molecule has 32 heavy (non-hydrogen) atoms. The van der Waals surface area contributed by atoms with Gasteiger partial charge < -0.3 is 25.8 Å². The maximum Gasteiger partial charge on any atom is 0.317 e. The van der Waals surface area contributed by atoms with Gasteiger partial charge in [0.25, 0.3) is 0 Å². The lowest BCUT2D eigenvalue weighted by molar-refractivity contribution is -0.0563. The smallest absolute Gasteiger partial charge is 0.317 e. The average Bonchev–Trinajstić information content (AvgIpc) is 3.35. The number of aliphatic hydroxyl groups is 1. The largest absolute Gasteiger partial charge is 0.385 e. The fourth-order valence-corrected chi connectivity index (χ4v) is 5.63. The van der Waals surface area contributed by atoms with Crippen LogP contribution < -0.4 is 11.1 Å². The zero-order valence-electron chi connectivity index (χ0n) is 19.8. The molecule has 1 aliphatic carbocycles. The van der Waals surface area contributed by atoms with Crippen molar-refractivity contribution in [1.82, 2.24) is 10.2 Å². The van der Waals surface area contributed by atoms with E-state index < -0.39 is 5.60 Å². The number of amides is 2. The Kier molecular flexibility index (Phi) is 9.82. The van der Waals surface area contributed by atoms with E-state index >= 15 is 0 Å². The number of hydrogen-bond donors (Lipinski definition) is 3. The molecule has 0 bridgehead atoms. The Labute approximate surface area is 193 Å². The maximum atomic E-state index is 13.1. The van der Waals surface area contributed by atoms with Gasteiger partial charge in [-0.15, -0.1) is 0 Å². The molecule has 0 aromatic heterocycles. The van der Waals surface area contributed by atoms with E-state index in [4.69, 9.17) is 10.5 Å². The summed E-state index contributed by atoms with van der Waals surface area (Å²) in [5, 5.41) is 15.1. The molecule has 1 unspecified atom stereocenters. The van der Waals surface area contributed by atoms with E-state index in [1.54, 1.807) is 7.11 Å². The normalized spacial score (nSPS) is 22.5. The van der Waals surface area contributed by atoms with E-state index in [0.29, 0.717) is 32.0 Å². The Morgan fingerprint density at radius 3 is 2.66 bits per heavy atom. The second-order valence-corrected chi connectivity index (χ2v) is 9.79. The van der Waals surface area contributed by atoms with Crippen molar-refractivity contribution in [2.45, 2.75) is 75.9 Å². The number of methoxy groups -OCH3 is 1. The van der Waals surface area contributed by atoms with Gasteiger partial charge in [-0.1, -0.05) is 56.0 Å². The Balaban J connectivity index is 1.64. The quantitative estimate of drug-likeness (QED) is 0.449. The number of carbonyl (C=O) groups is 1. The second kappa shape index (κ2) is 12.6. The molecule has 3 rings (SSSR count). The standard InChI is InChI=1S/C26H43N3O3/c1-32-17-8-7-15-26(31,22-12-3-2-4-13-22)23-14-9-16-29(20-23)25(30)28-24(19-27)18-21-10-5-6-11-21/h2-4,12-13,21,23-24,31H,5-11,14-20,27H2,1H3,(H,28,30)/t23-,24?,26-/m1/s1. The van der Waals surface area contributed by atoms with E-state index in [9.17, 15) is 9.90 Å². The first-order valence-electron chi connectivity index (χ1n) is 12.6. The molecule has 1 aromatic rings. The maximum absolute atomic E-state index is 13.1. The highest BCUT2D eigenvalue weighted by atomic mass is 16.5. The molecule has 4 N–H and O–H groups in total. The van der Waals surface area contributed by atoms with Crippen LogP contribution in [0.5, 0.6) is 0 Å². The highest BCUT2D eigenvalue weighted by Gasteiger charge is 2.41. The van der Waals surface area contributed by atoms with Crippen LogP contribution in [-0.4, -0.2) is 55.4 Å². The minimum Gasteiger partial charge on any atom is -0.385 e. The molecule has 1 saturated carbocycles. The molecule has 180 valence electrons. The summed E-state index contributed by atoms with van der Waals surface area (Å²) in [6.45, 7) is 2.48. The van der Waals surface area contributed by atoms with Gasteiger partial charge in [0.05, 0.1) is 5.60 Å². The number of piperidine rings is 1. The van der Waals surface area contributed by atoms with Gasteiger partial charge in [-0.2, -0.15) is 0 Å². The predicted octanol–water partition coefficient (Wildman–Crippen LogP) is 4.02. The molecule has 2 amide bonds. The van der Waals surface area contributed by atoms with Crippen molar-refractivity contribution in [3.05, 3.63) is 35.9 Å². The number of nitrogens with zero attached hydrogens (tertiary/aromatic N) is 1. The molecule has 1 saturated heterocycles. The number of nitrogens with one attached hydrogen (secondary N) is 1. The minimum absolute atomic E-state index is 0.0121. The van der Waals surface area contributed by atoms with Gasteiger partial charge in [-0.3, -0.25) is 0 Å². The molecule has 6 nitrogen and oxygen atoms in total. The van der Waals surface area contributed by atoms with Crippen LogP contribution in [0.25, 0.3) is 0 Å². The van der Waals surface area contributed by atoms with Crippen molar-refractivity contribution in [2.75, 3.05) is 33.4 Å². The Bertz CT molecular complexity index is 680. The van der Waals surface area contributed by atoms with Crippen molar-refractivity contribution in [3.63, 3.8) is 0 Å². The highest BCUT2D eigenvalue weighted by molar-refractivity contribution is 5.74. The number of likely N-dealkylation sites (tertiary alicyclic amines) is 1. The Hall–Kier alpha value is -1.63. The zero-order valence-corrected chi connectivity index (χ0v) is 19.8. The van der Waals surface area contributed by atoms with Gasteiger partial charge in [0, 0.05) is 45.3 Å². The number of rotatable bonds is 11. The minimum atomic E-state index is -0.939. The third kappa shape index (κ3) is 6.69. The molecule has 0 radical (unpaired) electrons. The number of hydrogen-bond acceptors (Lipinski definition) is 4. The van der Waals surface area contributed by atoms with E-state index in [2.05, 4.69) is 5.32 Å².